The lowest BCUT2D eigenvalue weighted by Crippen LogP contribution is -2.24. The molecule has 3 aromatic carbocycles. The van der Waals surface area contributed by atoms with Gasteiger partial charge in [-0.25, -0.2) is 4.98 Å². The van der Waals surface area contributed by atoms with Gasteiger partial charge in [0.1, 0.15) is 0 Å². The van der Waals surface area contributed by atoms with Crippen LogP contribution in [-0.2, 0) is 18.7 Å². The van der Waals surface area contributed by atoms with Gasteiger partial charge < -0.3 is 0 Å². The summed E-state index contributed by atoms with van der Waals surface area (Å²) in [5, 5.41) is 5.49. The molecule has 31 heavy (non-hydrogen) atoms. The first-order chi connectivity index (χ1) is 15.2. The van der Waals surface area contributed by atoms with Crippen LogP contribution in [0.25, 0.3) is 21.0 Å². The zero-order chi connectivity index (χ0) is 21.2. The Morgan fingerprint density at radius 2 is 1.77 bits per heavy atom. The lowest BCUT2D eigenvalue weighted by atomic mass is 10.1. The SMILES string of the molecule is O=c1c2ccccc2nc(SCc2csc3ccc(Cl)cc23)n1CCc1ccccc1. The van der Waals surface area contributed by atoms with Crippen LogP contribution in [-0.4, -0.2) is 9.55 Å². The van der Waals surface area contributed by atoms with Crippen LogP contribution in [0.3, 0.4) is 0 Å². The van der Waals surface area contributed by atoms with Gasteiger partial charge in [0.15, 0.2) is 5.16 Å². The highest BCUT2D eigenvalue weighted by molar-refractivity contribution is 7.98. The molecule has 0 amide bonds. The zero-order valence-corrected chi connectivity index (χ0v) is 19.0. The number of aryl methyl sites for hydroxylation is 1. The van der Waals surface area contributed by atoms with Crippen LogP contribution in [0.2, 0.25) is 5.02 Å². The van der Waals surface area contributed by atoms with Crippen LogP contribution in [0.1, 0.15) is 11.1 Å². The van der Waals surface area contributed by atoms with Gasteiger partial charge >= 0.3 is 0 Å². The molecule has 2 heterocycles. The number of fused-ring (bicyclic) bond motifs is 2. The zero-order valence-electron chi connectivity index (χ0n) is 16.6. The van der Waals surface area contributed by atoms with E-state index in [0.29, 0.717) is 11.9 Å². The minimum Gasteiger partial charge on any atom is -0.287 e. The number of hydrogen-bond acceptors (Lipinski definition) is 4. The Bertz CT molecular complexity index is 1430. The molecule has 0 saturated carbocycles. The summed E-state index contributed by atoms with van der Waals surface area (Å²) in [4.78, 5) is 18.1. The van der Waals surface area contributed by atoms with Gasteiger partial charge in [-0.05, 0) is 58.6 Å². The molecule has 3 nitrogen and oxygen atoms in total. The van der Waals surface area contributed by atoms with Crippen LogP contribution < -0.4 is 5.56 Å². The molecule has 5 rings (SSSR count). The summed E-state index contributed by atoms with van der Waals surface area (Å²) >= 11 is 9.53. The highest BCUT2D eigenvalue weighted by atomic mass is 35.5. The normalized spacial score (nSPS) is 11.4. The lowest BCUT2D eigenvalue weighted by Gasteiger charge is -2.13. The molecule has 2 aromatic heterocycles. The van der Waals surface area contributed by atoms with Crippen molar-refractivity contribution in [1.82, 2.24) is 9.55 Å². The first-order valence-corrected chi connectivity index (χ1v) is 12.3. The Morgan fingerprint density at radius 1 is 0.968 bits per heavy atom. The first kappa shape index (κ1) is 20.3. The predicted octanol–water partition coefficient (Wildman–Crippen LogP) is 6.80. The second-order valence-electron chi connectivity index (χ2n) is 7.29. The molecule has 0 unspecified atom stereocenters. The Balaban J connectivity index is 1.50. The van der Waals surface area contributed by atoms with Gasteiger partial charge in [0.2, 0.25) is 0 Å². The molecule has 154 valence electrons. The Hall–Kier alpha value is -2.60. The van der Waals surface area contributed by atoms with Crippen LogP contribution >= 0.6 is 34.7 Å². The van der Waals surface area contributed by atoms with Crippen LogP contribution in [0.15, 0.2) is 88.1 Å². The van der Waals surface area contributed by atoms with Crippen molar-refractivity contribution in [2.75, 3.05) is 0 Å². The Kier molecular flexibility index (Phi) is 5.81. The number of benzene rings is 3. The maximum Gasteiger partial charge on any atom is 0.262 e. The molecule has 0 aliphatic heterocycles. The van der Waals surface area contributed by atoms with E-state index in [0.717, 1.165) is 27.9 Å². The van der Waals surface area contributed by atoms with Crippen molar-refractivity contribution in [3.8, 4) is 0 Å². The first-order valence-electron chi connectivity index (χ1n) is 10.0. The van der Waals surface area contributed by atoms with Crippen molar-refractivity contribution in [1.29, 1.82) is 0 Å². The number of para-hydroxylation sites is 1. The molecule has 0 radical (unpaired) electrons. The lowest BCUT2D eigenvalue weighted by molar-refractivity contribution is 0.595. The summed E-state index contributed by atoms with van der Waals surface area (Å²) in [5.41, 5.74) is 3.17. The number of nitrogens with zero attached hydrogens (tertiary/aromatic N) is 2. The molecular formula is C25H19ClN2OS2. The van der Waals surface area contributed by atoms with E-state index in [1.54, 1.807) is 23.1 Å². The van der Waals surface area contributed by atoms with E-state index in [2.05, 4.69) is 23.6 Å². The minimum atomic E-state index is 0.0160. The fourth-order valence-corrected chi connectivity index (χ4v) is 5.89. The number of aromatic nitrogens is 2. The van der Waals surface area contributed by atoms with E-state index >= 15 is 0 Å². The summed E-state index contributed by atoms with van der Waals surface area (Å²) in [7, 11) is 0. The smallest absolute Gasteiger partial charge is 0.262 e. The van der Waals surface area contributed by atoms with E-state index in [9.17, 15) is 4.79 Å². The summed E-state index contributed by atoms with van der Waals surface area (Å²) in [6.45, 7) is 0.596. The van der Waals surface area contributed by atoms with Gasteiger partial charge in [-0.1, -0.05) is 65.8 Å². The Morgan fingerprint density at radius 3 is 2.65 bits per heavy atom. The molecule has 5 aromatic rings. The average Bonchev–Trinajstić information content (AvgIpc) is 3.20. The summed E-state index contributed by atoms with van der Waals surface area (Å²) in [6, 6.07) is 23.8. The second-order valence-corrected chi connectivity index (χ2v) is 9.58. The molecule has 0 saturated heterocycles. The van der Waals surface area contributed by atoms with Gasteiger partial charge in [0.05, 0.1) is 10.9 Å². The van der Waals surface area contributed by atoms with Gasteiger partial charge in [0.25, 0.3) is 5.56 Å². The van der Waals surface area contributed by atoms with Gasteiger partial charge in [-0.15, -0.1) is 11.3 Å². The van der Waals surface area contributed by atoms with Crippen molar-refractivity contribution in [3.05, 3.63) is 105 Å². The molecule has 0 atom stereocenters. The van der Waals surface area contributed by atoms with Crippen LogP contribution in [0, 0.1) is 0 Å². The van der Waals surface area contributed by atoms with Gasteiger partial charge in [0, 0.05) is 22.0 Å². The summed E-state index contributed by atoms with van der Waals surface area (Å²) in [5.74, 6) is 0.733. The molecule has 0 fully saturated rings. The van der Waals surface area contributed by atoms with E-state index in [1.165, 1.54) is 21.2 Å². The number of thioether (sulfide) groups is 1. The molecule has 0 aliphatic rings. The number of hydrogen-bond donors (Lipinski definition) is 0. The summed E-state index contributed by atoms with van der Waals surface area (Å²) < 4.78 is 3.04. The highest BCUT2D eigenvalue weighted by Crippen LogP contribution is 2.32. The molecule has 0 N–H and O–H groups in total. The fraction of sp³-hybridized carbons (Fsp3) is 0.120. The fourth-order valence-electron chi connectivity index (χ4n) is 3.65. The number of halogens is 1. The maximum atomic E-state index is 13.3. The summed E-state index contributed by atoms with van der Waals surface area (Å²) in [6.07, 6.45) is 0.783. The monoisotopic (exact) mass is 462 g/mol. The van der Waals surface area contributed by atoms with E-state index < -0.39 is 0 Å². The number of thiophene rings is 1. The predicted molar refractivity (Wildman–Crippen MR) is 133 cm³/mol. The average molecular weight is 463 g/mol. The van der Waals surface area contributed by atoms with Crippen LogP contribution in [0.4, 0.5) is 0 Å². The Labute approximate surface area is 193 Å². The molecule has 0 bridgehead atoms. The third-order valence-electron chi connectivity index (χ3n) is 5.27. The van der Waals surface area contributed by atoms with Crippen molar-refractivity contribution < 1.29 is 0 Å². The maximum absolute atomic E-state index is 13.3. The van der Waals surface area contributed by atoms with Crippen LogP contribution in [0.5, 0.6) is 0 Å². The largest absolute Gasteiger partial charge is 0.287 e. The third kappa shape index (κ3) is 4.26. The molecular weight excluding hydrogens is 444 g/mol. The molecule has 0 aliphatic carbocycles. The van der Waals surface area contributed by atoms with Crippen molar-refractivity contribution in [2.45, 2.75) is 23.9 Å². The molecule has 0 spiro atoms. The third-order valence-corrected chi connectivity index (χ3v) is 7.54. The van der Waals surface area contributed by atoms with E-state index in [4.69, 9.17) is 16.6 Å². The quantitative estimate of drug-likeness (QED) is 0.205. The van der Waals surface area contributed by atoms with E-state index in [-0.39, 0.29) is 5.56 Å². The van der Waals surface area contributed by atoms with E-state index in [1.807, 2.05) is 59.2 Å². The standard InChI is InChI=1S/C25H19ClN2OS2/c26-19-10-11-23-21(14-19)18(15-30-23)16-31-25-27-22-9-5-4-8-20(22)24(29)28(25)13-12-17-6-2-1-3-7-17/h1-11,14-15H,12-13,16H2. The van der Waals surface area contributed by atoms with Crippen molar-refractivity contribution >= 4 is 55.7 Å². The van der Waals surface area contributed by atoms with Crippen molar-refractivity contribution in [2.24, 2.45) is 0 Å². The minimum absolute atomic E-state index is 0.0160. The van der Waals surface area contributed by atoms with Gasteiger partial charge in [-0.3, -0.25) is 9.36 Å². The topological polar surface area (TPSA) is 34.9 Å². The molecule has 6 heteroatoms. The van der Waals surface area contributed by atoms with Gasteiger partial charge in [-0.2, -0.15) is 0 Å². The highest BCUT2D eigenvalue weighted by Gasteiger charge is 2.13. The van der Waals surface area contributed by atoms with Crippen molar-refractivity contribution in [3.63, 3.8) is 0 Å². The number of rotatable bonds is 6. The second kappa shape index (κ2) is 8.87.